The van der Waals surface area contributed by atoms with Gasteiger partial charge in [0.2, 0.25) is 0 Å². The average Bonchev–Trinajstić information content (AvgIpc) is 3.22. The lowest BCUT2D eigenvalue weighted by Crippen LogP contribution is -2.44. The fraction of sp³-hybridized carbons (Fsp3) is 0.565. The highest BCUT2D eigenvalue weighted by Gasteiger charge is 2.56. The molecule has 5 nitrogen and oxygen atoms in total. The van der Waals surface area contributed by atoms with Gasteiger partial charge in [-0.2, -0.15) is 0 Å². The molecule has 1 saturated heterocycles. The van der Waals surface area contributed by atoms with Crippen molar-refractivity contribution in [3.05, 3.63) is 40.1 Å². The Bertz CT molecular complexity index is 862. The van der Waals surface area contributed by atoms with Gasteiger partial charge in [0.05, 0.1) is 12.7 Å². The van der Waals surface area contributed by atoms with E-state index >= 15 is 0 Å². The minimum atomic E-state index is -0.810. The molecule has 4 rings (SSSR count). The van der Waals surface area contributed by atoms with Crippen LogP contribution < -0.4 is 0 Å². The maximum atomic E-state index is 13.2. The van der Waals surface area contributed by atoms with Crippen molar-refractivity contribution in [2.45, 2.75) is 70.5 Å². The molecule has 6 heteroatoms. The number of thiocarbonyl (C=S) groups is 1. The van der Waals surface area contributed by atoms with Gasteiger partial charge in [0.1, 0.15) is 5.57 Å². The summed E-state index contributed by atoms with van der Waals surface area (Å²) in [4.78, 5) is 13.2. The van der Waals surface area contributed by atoms with E-state index in [1.807, 2.05) is 20.8 Å². The fourth-order valence-electron chi connectivity index (χ4n) is 5.24. The summed E-state index contributed by atoms with van der Waals surface area (Å²) in [5.41, 5.74) is 3.63. The van der Waals surface area contributed by atoms with E-state index in [4.69, 9.17) is 31.2 Å². The molecule has 2 heterocycles. The van der Waals surface area contributed by atoms with Crippen LogP contribution in [0, 0.1) is 20.8 Å². The van der Waals surface area contributed by atoms with Crippen molar-refractivity contribution < 1.29 is 23.7 Å². The number of benzene rings is 1. The molecule has 0 atom stereocenters. The van der Waals surface area contributed by atoms with Crippen molar-refractivity contribution >= 4 is 29.0 Å². The Kier molecular flexibility index (Phi) is 5.20. The van der Waals surface area contributed by atoms with Gasteiger partial charge in [0.15, 0.2) is 11.4 Å². The Morgan fingerprint density at radius 2 is 1.72 bits per heavy atom. The molecule has 29 heavy (non-hydrogen) atoms. The van der Waals surface area contributed by atoms with Gasteiger partial charge in [-0.3, -0.25) is 0 Å². The summed E-state index contributed by atoms with van der Waals surface area (Å²) < 4.78 is 23.2. The lowest BCUT2D eigenvalue weighted by Gasteiger charge is -2.41. The van der Waals surface area contributed by atoms with Crippen LogP contribution >= 0.6 is 12.2 Å². The zero-order valence-corrected chi connectivity index (χ0v) is 18.4. The average molecular weight is 417 g/mol. The third-order valence-electron chi connectivity index (χ3n) is 6.57. The minimum absolute atomic E-state index is 0.00463. The van der Waals surface area contributed by atoms with Gasteiger partial charge >= 0.3 is 11.2 Å². The minimum Gasteiger partial charge on any atom is -0.460 e. The van der Waals surface area contributed by atoms with Crippen molar-refractivity contribution in [1.82, 2.24) is 0 Å². The zero-order valence-electron chi connectivity index (χ0n) is 17.6. The van der Waals surface area contributed by atoms with Crippen LogP contribution in [-0.4, -0.2) is 36.1 Å². The standard InChI is InChI=1S/C23H28O5S/c1-14-12-15(2)17(16(3)13-14)18-19(27-21(29)25-4)23(28-20(18)24)9-7-22(8-10-23)6-5-11-26-22/h12-13H,5-11H2,1-4H3. The first-order valence-corrected chi connectivity index (χ1v) is 10.7. The van der Waals surface area contributed by atoms with E-state index in [-0.39, 0.29) is 16.8 Å². The molecule has 1 saturated carbocycles. The second-order valence-electron chi connectivity index (χ2n) is 8.55. The van der Waals surface area contributed by atoms with Crippen LogP contribution in [0.1, 0.15) is 60.8 Å². The van der Waals surface area contributed by atoms with Gasteiger partial charge in [-0.15, -0.1) is 0 Å². The molecule has 0 bridgehead atoms. The van der Waals surface area contributed by atoms with Crippen LogP contribution in [0.4, 0.5) is 0 Å². The second kappa shape index (κ2) is 7.40. The SMILES string of the molecule is COC(=S)OC1=C(c2c(C)cc(C)cc2C)C(=O)OC12CCC1(CCCO1)CC2. The van der Waals surface area contributed by atoms with Crippen LogP contribution in [-0.2, 0) is 23.7 Å². The van der Waals surface area contributed by atoms with Crippen molar-refractivity contribution in [2.24, 2.45) is 0 Å². The van der Waals surface area contributed by atoms with Crippen LogP contribution in [0.2, 0.25) is 0 Å². The molecule has 1 aliphatic carbocycles. The smallest absolute Gasteiger partial charge is 0.357 e. The number of hydrogen-bond donors (Lipinski definition) is 0. The number of esters is 1. The number of carbonyl (C=O) groups is 1. The highest BCUT2D eigenvalue weighted by Crippen LogP contribution is 2.52. The molecule has 0 unspecified atom stereocenters. The predicted octanol–water partition coefficient (Wildman–Crippen LogP) is 4.69. The highest BCUT2D eigenvalue weighted by molar-refractivity contribution is 7.79. The summed E-state index contributed by atoms with van der Waals surface area (Å²) in [7, 11) is 1.47. The molecule has 1 aromatic carbocycles. The molecule has 0 N–H and O–H groups in total. The van der Waals surface area contributed by atoms with E-state index in [1.165, 1.54) is 7.11 Å². The van der Waals surface area contributed by atoms with Crippen LogP contribution in [0.15, 0.2) is 17.9 Å². The van der Waals surface area contributed by atoms with Crippen molar-refractivity contribution in [3.8, 4) is 0 Å². The van der Waals surface area contributed by atoms with E-state index < -0.39 is 5.60 Å². The Morgan fingerprint density at radius 3 is 2.28 bits per heavy atom. The number of hydrogen-bond acceptors (Lipinski definition) is 6. The molecule has 3 aliphatic rings. The number of ether oxygens (including phenoxy) is 4. The summed E-state index contributed by atoms with van der Waals surface area (Å²) in [6.07, 6.45) is 5.16. The fourth-order valence-corrected chi connectivity index (χ4v) is 5.33. The second-order valence-corrected chi connectivity index (χ2v) is 8.89. The number of methoxy groups -OCH3 is 1. The summed E-state index contributed by atoms with van der Waals surface area (Å²) in [6, 6.07) is 4.14. The Morgan fingerprint density at radius 1 is 1.07 bits per heavy atom. The summed E-state index contributed by atoms with van der Waals surface area (Å²) in [5.74, 6) is 0.148. The Labute approximate surface area is 177 Å². The molecule has 156 valence electrons. The zero-order chi connectivity index (χ0) is 20.8. The first-order valence-electron chi connectivity index (χ1n) is 10.3. The van der Waals surface area contributed by atoms with E-state index in [0.29, 0.717) is 24.2 Å². The largest absolute Gasteiger partial charge is 0.460 e. The lowest BCUT2D eigenvalue weighted by molar-refractivity contribution is -0.156. The van der Waals surface area contributed by atoms with Crippen LogP contribution in [0.5, 0.6) is 0 Å². The predicted molar refractivity (Wildman–Crippen MR) is 113 cm³/mol. The molecule has 2 fully saturated rings. The number of carbonyl (C=O) groups excluding carboxylic acids is 1. The quantitative estimate of drug-likeness (QED) is 0.515. The summed E-state index contributed by atoms with van der Waals surface area (Å²) >= 11 is 5.20. The van der Waals surface area contributed by atoms with Gasteiger partial charge in [-0.05, 0) is 76.0 Å². The summed E-state index contributed by atoms with van der Waals surface area (Å²) in [6.45, 7) is 6.88. The highest BCUT2D eigenvalue weighted by atomic mass is 32.1. The third-order valence-corrected chi connectivity index (χ3v) is 6.82. The molecule has 0 radical (unpaired) electrons. The van der Waals surface area contributed by atoms with E-state index in [1.54, 1.807) is 0 Å². The van der Waals surface area contributed by atoms with Crippen LogP contribution in [0.3, 0.4) is 0 Å². The van der Waals surface area contributed by atoms with E-state index in [0.717, 1.165) is 54.5 Å². The van der Waals surface area contributed by atoms with Gasteiger partial charge in [0.25, 0.3) is 0 Å². The molecular formula is C23H28O5S. The van der Waals surface area contributed by atoms with Gasteiger partial charge in [-0.1, -0.05) is 17.7 Å². The first-order chi connectivity index (χ1) is 13.8. The van der Waals surface area contributed by atoms with Gasteiger partial charge in [-0.25, -0.2) is 4.79 Å². The normalized spacial score (nSPS) is 28.9. The third kappa shape index (κ3) is 3.46. The van der Waals surface area contributed by atoms with Gasteiger partial charge in [0, 0.05) is 18.8 Å². The molecule has 1 aromatic rings. The molecule has 0 amide bonds. The maximum Gasteiger partial charge on any atom is 0.357 e. The Hall–Kier alpha value is -1.92. The molecule has 0 aromatic heterocycles. The van der Waals surface area contributed by atoms with Crippen molar-refractivity contribution in [3.63, 3.8) is 0 Å². The summed E-state index contributed by atoms with van der Waals surface area (Å²) in [5, 5.41) is -0.00463. The maximum absolute atomic E-state index is 13.2. The Balaban J connectivity index is 1.80. The topological polar surface area (TPSA) is 54.0 Å². The van der Waals surface area contributed by atoms with E-state index in [2.05, 4.69) is 12.1 Å². The first kappa shape index (κ1) is 20.4. The van der Waals surface area contributed by atoms with Gasteiger partial charge < -0.3 is 18.9 Å². The van der Waals surface area contributed by atoms with E-state index in [9.17, 15) is 4.79 Å². The molecule has 2 aliphatic heterocycles. The van der Waals surface area contributed by atoms with Crippen LogP contribution in [0.25, 0.3) is 5.57 Å². The lowest BCUT2D eigenvalue weighted by atomic mass is 9.73. The number of aryl methyl sites for hydroxylation is 3. The molecule has 2 spiro atoms. The monoisotopic (exact) mass is 416 g/mol. The number of rotatable bonds is 2. The van der Waals surface area contributed by atoms with Crippen molar-refractivity contribution in [1.29, 1.82) is 0 Å². The van der Waals surface area contributed by atoms with Crippen molar-refractivity contribution in [2.75, 3.05) is 13.7 Å². The molecular weight excluding hydrogens is 388 g/mol.